The number of hydrogen-bond donors (Lipinski definition) is 3. The minimum Gasteiger partial charge on any atom is -0.394 e. The molecule has 2 amide bonds. The van der Waals surface area contributed by atoms with E-state index in [2.05, 4.69) is 26.6 Å². The quantitative estimate of drug-likeness (QED) is 0.779. The lowest BCUT2D eigenvalue weighted by molar-refractivity contribution is 0.162. The number of hydrogen-bond acceptors (Lipinski definition) is 3. The van der Waals surface area contributed by atoms with Gasteiger partial charge in [-0.1, -0.05) is 20.8 Å². The van der Waals surface area contributed by atoms with Crippen LogP contribution in [0.4, 0.5) is 10.5 Å². The maximum atomic E-state index is 11.9. The second-order valence-corrected chi connectivity index (χ2v) is 6.60. The van der Waals surface area contributed by atoms with Crippen LogP contribution in [0.25, 0.3) is 0 Å². The van der Waals surface area contributed by atoms with E-state index in [1.807, 2.05) is 20.8 Å². The second-order valence-electron chi connectivity index (χ2n) is 5.69. The van der Waals surface area contributed by atoms with E-state index in [4.69, 9.17) is 0 Å². The highest BCUT2D eigenvalue weighted by atomic mass is 79.9. The molecule has 3 N–H and O–H groups in total. The van der Waals surface area contributed by atoms with Crippen LogP contribution in [0.2, 0.25) is 0 Å². The molecule has 0 unspecified atom stereocenters. The summed E-state index contributed by atoms with van der Waals surface area (Å²) < 4.78 is 2.05. The van der Waals surface area contributed by atoms with Gasteiger partial charge in [0.15, 0.2) is 0 Å². The van der Waals surface area contributed by atoms with Gasteiger partial charge in [0.2, 0.25) is 0 Å². The van der Waals surface area contributed by atoms with E-state index in [0.29, 0.717) is 4.47 Å². The molecule has 0 saturated heterocycles. The molecule has 0 aliphatic carbocycles. The molecule has 1 atom stereocenters. The predicted molar refractivity (Wildman–Crippen MR) is 81.9 cm³/mol. The molecule has 0 fully saturated rings. The monoisotopic (exact) mass is 345 g/mol. The first-order chi connectivity index (χ1) is 9.15. The number of aliphatic hydroxyl groups is 1. The number of rotatable bonds is 3. The van der Waals surface area contributed by atoms with Gasteiger partial charge in [0, 0.05) is 17.7 Å². The Labute approximate surface area is 126 Å². The summed E-state index contributed by atoms with van der Waals surface area (Å²) in [4.78, 5) is 23.8. The summed E-state index contributed by atoms with van der Waals surface area (Å²) in [6, 6.07) is 0.611. The highest BCUT2D eigenvalue weighted by Gasteiger charge is 2.25. The number of urea groups is 1. The highest BCUT2D eigenvalue weighted by Crippen LogP contribution is 2.19. The van der Waals surface area contributed by atoms with Crippen LogP contribution in [0.5, 0.6) is 0 Å². The fourth-order valence-electron chi connectivity index (χ4n) is 1.61. The first-order valence-corrected chi connectivity index (χ1v) is 6.99. The molecule has 20 heavy (non-hydrogen) atoms. The number of pyridine rings is 1. The first kappa shape index (κ1) is 16.7. The standard InChI is InChI=1S/C13H20BrN3O3/c1-13(2,3)10(7-18)16-12(20)15-9-5-8(14)6-17(4)11(9)19/h5-6,10,18H,7H2,1-4H3,(H2,15,16,20)/t10-/m1/s1. The zero-order valence-corrected chi connectivity index (χ0v) is 13.6. The Balaban J connectivity index is 2.84. The number of nitrogens with one attached hydrogen (secondary N) is 2. The van der Waals surface area contributed by atoms with Crippen LogP contribution in [-0.4, -0.2) is 28.4 Å². The molecule has 1 aromatic heterocycles. The first-order valence-electron chi connectivity index (χ1n) is 6.19. The van der Waals surface area contributed by atoms with E-state index >= 15 is 0 Å². The van der Waals surface area contributed by atoms with Gasteiger partial charge in [0.25, 0.3) is 5.56 Å². The van der Waals surface area contributed by atoms with Crippen LogP contribution in [0.15, 0.2) is 21.5 Å². The summed E-state index contributed by atoms with van der Waals surface area (Å²) in [5.41, 5.74) is -0.418. The van der Waals surface area contributed by atoms with Crippen molar-refractivity contribution in [3.63, 3.8) is 0 Å². The van der Waals surface area contributed by atoms with Gasteiger partial charge in [0.05, 0.1) is 12.6 Å². The maximum Gasteiger partial charge on any atom is 0.319 e. The number of aliphatic hydroxyl groups excluding tert-OH is 1. The van der Waals surface area contributed by atoms with Crippen molar-refractivity contribution >= 4 is 27.6 Å². The lowest BCUT2D eigenvalue weighted by atomic mass is 9.87. The van der Waals surface area contributed by atoms with Crippen LogP contribution in [0.1, 0.15) is 20.8 Å². The van der Waals surface area contributed by atoms with Crippen molar-refractivity contribution in [2.24, 2.45) is 12.5 Å². The Hall–Kier alpha value is -1.34. The van der Waals surface area contributed by atoms with E-state index in [1.54, 1.807) is 13.2 Å². The average molecular weight is 346 g/mol. The largest absolute Gasteiger partial charge is 0.394 e. The molecule has 0 bridgehead atoms. The Morgan fingerprint density at radius 3 is 2.60 bits per heavy atom. The molecule has 1 aromatic rings. The number of carbonyl (C=O) groups excluding carboxylic acids is 1. The summed E-state index contributed by atoms with van der Waals surface area (Å²) in [5.74, 6) is 0. The Morgan fingerprint density at radius 2 is 2.10 bits per heavy atom. The molecule has 0 radical (unpaired) electrons. The van der Waals surface area contributed by atoms with Gasteiger partial charge in [-0.2, -0.15) is 0 Å². The molecule has 0 aliphatic rings. The van der Waals surface area contributed by atoms with Gasteiger partial charge in [0.1, 0.15) is 5.69 Å². The van der Waals surface area contributed by atoms with Gasteiger partial charge in [-0.05, 0) is 27.4 Å². The zero-order valence-electron chi connectivity index (χ0n) is 12.0. The third-order valence-corrected chi connectivity index (χ3v) is 3.37. The number of halogens is 1. The van der Waals surface area contributed by atoms with Crippen molar-refractivity contribution in [1.82, 2.24) is 9.88 Å². The third-order valence-electron chi connectivity index (χ3n) is 2.93. The van der Waals surface area contributed by atoms with Crippen LogP contribution >= 0.6 is 15.9 Å². The topological polar surface area (TPSA) is 83.4 Å². The molecule has 112 valence electrons. The highest BCUT2D eigenvalue weighted by molar-refractivity contribution is 9.10. The van der Waals surface area contributed by atoms with Crippen molar-refractivity contribution in [1.29, 1.82) is 0 Å². The molecule has 6 nitrogen and oxygen atoms in total. The minimum atomic E-state index is -0.519. The Kier molecular flexibility index (Phi) is 5.35. The number of aryl methyl sites for hydroxylation is 1. The lowest BCUT2D eigenvalue weighted by Gasteiger charge is -2.29. The molecular formula is C13H20BrN3O3. The molecule has 1 heterocycles. The fraction of sp³-hybridized carbons (Fsp3) is 0.538. The van der Waals surface area contributed by atoms with E-state index in [9.17, 15) is 14.7 Å². The number of anilines is 1. The lowest BCUT2D eigenvalue weighted by Crippen LogP contribution is -2.48. The number of amides is 2. The van der Waals surface area contributed by atoms with Crippen LogP contribution in [0, 0.1) is 5.41 Å². The maximum absolute atomic E-state index is 11.9. The number of carbonyl (C=O) groups is 1. The zero-order chi connectivity index (χ0) is 15.5. The van der Waals surface area contributed by atoms with Crippen LogP contribution in [0.3, 0.4) is 0 Å². The van der Waals surface area contributed by atoms with Gasteiger partial charge in [-0.15, -0.1) is 0 Å². The van der Waals surface area contributed by atoms with E-state index in [1.165, 1.54) is 10.6 Å². The minimum absolute atomic E-state index is 0.171. The van der Waals surface area contributed by atoms with Crippen molar-refractivity contribution in [3.05, 3.63) is 27.1 Å². The number of aromatic nitrogens is 1. The SMILES string of the molecule is Cn1cc(Br)cc(NC(=O)N[C@H](CO)C(C)(C)C)c1=O. The number of nitrogens with zero attached hydrogens (tertiary/aromatic N) is 1. The van der Waals surface area contributed by atoms with Crippen molar-refractivity contribution in [2.75, 3.05) is 11.9 Å². The Bertz CT molecular complexity index is 549. The van der Waals surface area contributed by atoms with E-state index < -0.39 is 12.1 Å². The van der Waals surface area contributed by atoms with Gasteiger partial charge >= 0.3 is 6.03 Å². The fourth-order valence-corrected chi connectivity index (χ4v) is 2.15. The smallest absolute Gasteiger partial charge is 0.319 e. The van der Waals surface area contributed by atoms with Crippen molar-refractivity contribution in [3.8, 4) is 0 Å². The van der Waals surface area contributed by atoms with Crippen molar-refractivity contribution in [2.45, 2.75) is 26.8 Å². The summed E-state index contributed by atoms with van der Waals surface area (Å²) >= 11 is 3.26. The molecule has 0 saturated carbocycles. The summed E-state index contributed by atoms with van der Waals surface area (Å²) in [6.45, 7) is 5.55. The normalized spacial score (nSPS) is 12.9. The summed E-state index contributed by atoms with van der Waals surface area (Å²) in [7, 11) is 1.60. The van der Waals surface area contributed by atoms with Gasteiger partial charge in [-0.3, -0.25) is 4.79 Å². The van der Waals surface area contributed by atoms with Crippen LogP contribution in [-0.2, 0) is 7.05 Å². The van der Waals surface area contributed by atoms with Gasteiger partial charge < -0.3 is 20.3 Å². The molecule has 0 aromatic carbocycles. The van der Waals surface area contributed by atoms with E-state index in [-0.39, 0.29) is 23.3 Å². The molecule has 7 heteroatoms. The Morgan fingerprint density at radius 1 is 1.50 bits per heavy atom. The van der Waals surface area contributed by atoms with Crippen molar-refractivity contribution < 1.29 is 9.90 Å². The van der Waals surface area contributed by atoms with Gasteiger partial charge in [-0.25, -0.2) is 4.79 Å². The molecule has 1 rings (SSSR count). The average Bonchev–Trinajstić information content (AvgIpc) is 2.30. The predicted octanol–water partition coefficient (Wildman–Crippen LogP) is 1.68. The molecule has 0 aliphatic heterocycles. The van der Waals surface area contributed by atoms with Crippen LogP contribution < -0.4 is 16.2 Å². The third kappa shape index (κ3) is 4.35. The van der Waals surface area contributed by atoms with E-state index in [0.717, 1.165) is 0 Å². The second kappa shape index (κ2) is 6.41. The summed E-state index contributed by atoms with van der Waals surface area (Å²) in [6.07, 6.45) is 1.61. The summed E-state index contributed by atoms with van der Waals surface area (Å²) in [5, 5.41) is 14.5. The molecule has 0 spiro atoms. The molecular weight excluding hydrogens is 326 g/mol.